The monoisotopic (exact) mass is 341 g/mol. The number of hydrogen-bond donors (Lipinski definition) is 1. The van der Waals surface area contributed by atoms with E-state index in [0.29, 0.717) is 5.92 Å². The molecule has 0 aliphatic carbocycles. The SMILES string of the molecule is Cc1cc(C)n(-c2ccccc2CN2C[C@@H]3COCC[C@]3(CO)C2)n1. The number of aromatic nitrogens is 2. The van der Waals surface area contributed by atoms with Gasteiger partial charge in [-0.2, -0.15) is 5.10 Å². The van der Waals surface area contributed by atoms with E-state index in [9.17, 15) is 5.11 Å². The summed E-state index contributed by atoms with van der Waals surface area (Å²) < 4.78 is 7.71. The number of ether oxygens (including phenoxy) is 1. The first-order valence-electron chi connectivity index (χ1n) is 9.14. The molecule has 2 aliphatic heterocycles. The maximum absolute atomic E-state index is 10.0. The topological polar surface area (TPSA) is 50.5 Å². The molecule has 2 atom stereocenters. The van der Waals surface area contributed by atoms with E-state index in [4.69, 9.17) is 4.74 Å². The molecule has 5 nitrogen and oxygen atoms in total. The summed E-state index contributed by atoms with van der Waals surface area (Å²) >= 11 is 0. The van der Waals surface area contributed by atoms with Crippen molar-refractivity contribution in [3.63, 3.8) is 0 Å². The van der Waals surface area contributed by atoms with E-state index in [1.165, 1.54) is 5.56 Å². The zero-order valence-corrected chi connectivity index (χ0v) is 15.1. The second-order valence-corrected chi connectivity index (χ2v) is 7.68. The van der Waals surface area contributed by atoms with E-state index in [-0.39, 0.29) is 12.0 Å². The third-order valence-electron chi connectivity index (χ3n) is 5.88. The Bertz CT molecular complexity index is 757. The molecule has 134 valence electrons. The van der Waals surface area contributed by atoms with E-state index in [2.05, 4.69) is 47.3 Å². The van der Waals surface area contributed by atoms with Crippen LogP contribution in [0.1, 0.15) is 23.4 Å². The van der Waals surface area contributed by atoms with Crippen LogP contribution in [0.2, 0.25) is 0 Å². The third kappa shape index (κ3) is 3.01. The number of hydrogen-bond acceptors (Lipinski definition) is 4. The molecule has 0 saturated carbocycles. The molecule has 1 aromatic heterocycles. The summed E-state index contributed by atoms with van der Waals surface area (Å²) in [6.45, 7) is 8.75. The van der Waals surface area contributed by atoms with E-state index >= 15 is 0 Å². The largest absolute Gasteiger partial charge is 0.396 e. The fourth-order valence-corrected chi connectivity index (χ4v) is 4.50. The van der Waals surface area contributed by atoms with Crippen LogP contribution in [-0.2, 0) is 11.3 Å². The fraction of sp³-hybridized carbons (Fsp3) is 0.550. The number of rotatable bonds is 4. The van der Waals surface area contributed by atoms with Gasteiger partial charge in [0.2, 0.25) is 0 Å². The number of aliphatic hydroxyl groups is 1. The minimum Gasteiger partial charge on any atom is -0.396 e. The van der Waals surface area contributed by atoms with Gasteiger partial charge in [0, 0.05) is 43.3 Å². The molecule has 2 aliphatic rings. The molecule has 0 amide bonds. The van der Waals surface area contributed by atoms with Gasteiger partial charge in [0.05, 0.1) is 24.6 Å². The van der Waals surface area contributed by atoms with Crippen molar-refractivity contribution in [2.45, 2.75) is 26.8 Å². The van der Waals surface area contributed by atoms with Crippen LogP contribution in [0.3, 0.4) is 0 Å². The van der Waals surface area contributed by atoms with Gasteiger partial charge in [0.15, 0.2) is 0 Å². The minimum absolute atomic E-state index is 0.0192. The first kappa shape index (κ1) is 16.8. The number of para-hydroxylation sites is 1. The minimum atomic E-state index is 0.0192. The summed E-state index contributed by atoms with van der Waals surface area (Å²) in [5.41, 5.74) is 4.64. The summed E-state index contributed by atoms with van der Waals surface area (Å²) in [5, 5.41) is 14.7. The van der Waals surface area contributed by atoms with Crippen LogP contribution >= 0.6 is 0 Å². The molecule has 5 heteroatoms. The molecule has 2 saturated heterocycles. The van der Waals surface area contributed by atoms with Crippen molar-refractivity contribution >= 4 is 0 Å². The van der Waals surface area contributed by atoms with Gasteiger partial charge in [-0.15, -0.1) is 0 Å². The Morgan fingerprint density at radius 3 is 2.88 bits per heavy atom. The lowest BCUT2D eigenvalue weighted by Crippen LogP contribution is -2.41. The molecule has 0 unspecified atom stereocenters. The van der Waals surface area contributed by atoms with Crippen molar-refractivity contribution < 1.29 is 9.84 Å². The van der Waals surface area contributed by atoms with Gasteiger partial charge >= 0.3 is 0 Å². The van der Waals surface area contributed by atoms with Crippen molar-refractivity contribution in [1.29, 1.82) is 0 Å². The maximum atomic E-state index is 10.0. The molecular weight excluding hydrogens is 314 g/mol. The van der Waals surface area contributed by atoms with E-state index in [1.807, 2.05) is 11.6 Å². The van der Waals surface area contributed by atoms with Crippen molar-refractivity contribution in [3.8, 4) is 5.69 Å². The third-order valence-corrected chi connectivity index (χ3v) is 5.88. The van der Waals surface area contributed by atoms with Crippen molar-refractivity contribution in [3.05, 3.63) is 47.3 Å². The van der Waals surface area contributed by atoms with Crippen LogP contribution in [0.4, 0.5) is 0 Å². The van der Waals surface area contributed by atoms with Gasteiger partial charge < -0.3 is 9.84 Å². The molecule has 2 aromatic rings. The number of fused-ring (bicyclic) bond motifs is 1. The van der Waals surface area contributed by atoms with Crippen LogP contribution in [0.15, 0.2) is 30.3 Å². The van der Waals surface area contributed by atoms with Crippen molar-refractivity contribution in [2.24, 2.45) is 11.3 Å². The molecule has 0 bridgehead atoms. The standard InChI is InChI=1S/C20H27N3O2/c1-15-9-16(2)23(21-15)19-6-4-3-5-17(19)10-22-11-18-12-25-8-7-20(18,13-22)14-24/h3-6,9,18,24H,7-8,10-14H2,1-2H3/t18-,20-/m1/s1. The molecule has 3 heterocycles. The van der Waals surface area contributed by atoms with Gasteiger partial charge in [-0.3, -0.25) is 4.90 Å². The molecule has 1 aromatic carbocycles. The molecule has 0 radical (unpaired) electrons. The summed E-state index contributed by atoms with van der Waals surface area (Å²) in [6, 6.07) is 10.6. The highest BCUT2D eigenvalue weighted by atomic mass is 16.5. The molecule has 0 spiro atoms. The fourth-order valence-electron chi connectivity index (χ4n) is 4.50. The quantitative estimate of drug-likeness (QED) is 0.927. The second-order valence-electron chi connectivity index (χ2n) is 7.68. The van der Waals surface area contributed by atoms with Crippen LogP contribution in [0.25, 0.3) is 5.69 Å². The summed E-state index contributed by atoms with van der Waals surface area (Å²) in [4.78, 5) is 2.47. The predicted molar refractivity (Wildman–Crippen MR) is 96.8 cm³/mol. The molecule has 1 N–H and O–H groups in total. The van der Waals surface area contributed by atoms with Gasteiger partial charge in [-0.05, 0) is 38.0 Å². The molecule has 25 heavy (non-hydrogen) atoms. The van der Waals surface area contributed by atoms with Gasteiger partial charge in [0.25, 0.3) is 0 Å². The Kier molecular flexibility index (Phi) is 4.40. The Hall–Kier alpha value is -1.69. The second kappa shape index (κ2) is 6.56. The lowest BCUT2D eigenvalue weighted by molar-refractivity contribution is -0.0417. The average Bonchev–Trinajstić information content (AvgIpc) is 3.14. The Labute approximate surface area is 149 Å². The highest BCUT2D eigenvalue weighted by Gasteiger charge is 2.47. The maximum Gasteiger partial charge on any atom is 0.0693 e. The van der Waals surface area contributed by atoms with Gasteiger partial charge in [0.1, 0.15) is 0 Å². The molecular formula is C20H27N3O2. The summed E-state index contributed by atoms with van der Waals surface area (Å²) in [6.07, 6.45) is 0.962. The van der Waals surface area contributed by atoms with Crippen molar-refractivity contribution in [2.75, 3.05) is 32.9 Å². The number of likely N-dealkylation sites (tertiary alicyclic amines) is 1. The lowest BCUT2D eigenvalue weighted by atomic mass is 9.75. The first-order chi connectivity index (χ1) is 12.1. The van der Waals surface area contributed by atoms with Crippen LogP contribution in [0, 0.1) is 25.2 Å². The smallest absolute Gasteiger partial charge is 0.0693 e. The molecule has 2 fully saturated rings. The summed E-state index contributed by atoms with van der Waals surface area (Å²) in [5.74, 6) is 0.437. The number of aryl methyl sites for hydroxylation is 2. The zero-order chi connectivity index (χ0) is 17.4. The van der Waals surface area contributed by atoms with Crippen molar-refractivity contribution in [1.82, 2.24) is 14.7 Å². The Balaban J connectivity index is 1.59. The molecule has 4 rings (SSSR count). The Morgan fingerprint density at radius 1 is 1.32 bits per heavy atom. The Morgan fingerprint density at radius 2 is 2.16 bits per heavy atom. The normalized spacial score (nSPS) is 26.8. The van der Waals surface area contributed by atoms with E-state index < -0.39 is 0 Å². The highest BCUT2D eigenvalue weighted by Crippen LogP contribution is 2.42. The van der Waals surface area contributed by atoms with Gasteiger partial charge in [-0.25, -0.2) is 4.68 Å². The van der Waals surface area contributed by atoms with E-state index in [1.54, 1.807) is 0 Å². The van der Waals surface area contributed by atoms with Crippen LogP contribution < -0.4 is 0 Å². The number of nitrogens with zero attached hydrogens (tertiary/aromatic N) is 3. The number of benzene rings is 1. The highest BCUT2D eigenvalue weighted by molar-refractivity contribution is 5.42. The van der Waals surface area contributed by atoms with Gasteiger partial charge in [-0.1, -0.05) is 18.2 Å². The predicted octanol–water partition coefficient (Wildman–Crippen LogP) is 2.32. The number of aliphatic hydroxyl groups excluding tert-OH is 1. The average molecular weight is 341 g/mol. The van der Waals surface area contributed by atoms with Crippen LogP contribution in [-0.4, -0.2) is 52.7 Å². The lowest BCUT2D eigenvalue weighted by Gasteiger charge is -2.36. The first-order valence-corrected chi connectivity index (χ1v) is 9.14. The van der Waals surface area contributed by atoms with E-state index in [0.717, 1.165) is 56.3 Å². The zero-order valence-electron chi connectivity index (χ0n) is 15.1. The summed E-state index contributed by atoms with van der Waals surface area (Å²) in [7, 11) is 0. The van der Waals surface area contributed by atoms with Crippen LogP contribution in [0.5, 0.6) is 0 Å².